The fourth-order valence-electron chi connectivity index (χ4n) is 4.27. The molecule has 19 nitrogen and oxygen atoms in total. The number of halogens is 2. The molecule has 330 valence electrons. The molecule has 1 aliphatic heterocycles. The van der Waals surface area contributed by atoms with Crippen molar-refractivity contribution in [2.24, 2.45) is 5.16 Å². The van der Waals surface area contributed by atoms with Gasteiger partial charge in [0.05, 0.1) is 41.0 Å². The van der Waals surface area contributed by atoms with Crippen molar-refractivity contribution in [2.75, 3.05) is 38.8 Å². The van der Waals surface area contributed by atoms with E-state index < -0.39 is 31.9 Å². The Hall–Kier alpha value is -6.05. The minimum absolute atomic E-state index is 0.0118. The molecule has 60 heavy (non-hydrogen) atoms. The Morgan fingerprint density at radius 3 is 1.55 bits per heavy atom. The molecule has 0 aliphatic carbocycles. The van der Waals surface area contributed by atoms with E-state index >= 15 is 0 Å². The number of hydrogen-bond acceptors (Lipinski definition) is 16. The lowest BCUT2D eigenvalue weighted by Gasteiger charge is -2.04. The van der Waals surface area contributed by atoms with Crippen LogP contribution in [0.4, 0.5) is 17.1 Å². The zero-order valence-electron chi connectivity index (χ0n) is 34.2. The van der Waals surface area contributed by atoms with E-state index in [0.717, 1.165) is 16.7 Å². The highest BCUT2D eigenvalue weighted by Crippen LogP contribution is 2.21. The summed E-state index contributed by atoms with van der Waals surface area (Å²) in [7, 11) is 0. The van der Waals surface area contributed by atoms with Gasteiger partial charge in [-0.1, -0.05) is 57.7 Å². The molecule has 0 saturated carbocycles. The van der Waals surface area contributed by atoms with Gasteiger partial charge < -0.3 is 29.5 Å². The molecular weight excluding hydrogens is 833 g/mol. The van der Waals surface area contributed by atoms with Gasteiger partial charge in [0.1, 0.15) is 12.2 Å². The Bertz CT molecular complexity index is 1830. The average molecular weight is 885 g/mol. The number of nitrogens with zero attached hydrogens (tertiary/aromatic N) is 4. The SMILES string of the molecule is C1CCNC1.CCOC(=O)/C(Cl)=N\O.CCOC(=O)CCl.CCOC(=O)Cc1cc(C)ccc1[N+](=O)[O-].Cc1ccc([N+](=O)[O-])c(CC=O)c1.Cc1ccc([N+](=O)[O-])cc1. The summed E-state index contributed by atoms with van der Waals surface area (Å²) in [6.45, 7) is 14.0. The van der Waals surface area contributed by atoms with Crippen molar-refractivity contribution in [3.63, 3.8) is 0 Å². The first kappa shape index (κ1) is 56.0. The molecule has 0 atom stereocenters. The number of aldehydes is 1. The summed E-state index contributed by atoms with van der Waals surface area (Å²) in [5, 5.41) is 44.3. The third-order valence-corrected chi connectivity index (χ3v) is 7.40. The van der Waals surface area contributed by atoms with Gasteiger partial charge in [0, 0.05) is 41.8 Å². The van der Waals surface area contributed by atoms with E-state index in [1.165, 1.54) is 50.2 Å². The number of hydrogen-bond donors (Lipinski definition) is 2. The van der Waals surface area contributed by atoms with Crippen molar-refractivity contribution in [3.05, 3.63) is 119 Å². The van der Waals surface area contributed by atoms with Crippen LogP contribution in [0.3, 0.4) is 0 Å². The van der Waals surface area contributed by atoms with Gasteiger partial charge in [-0.25, -0.2) is 4.79 Å². The minimum atomic E-state index is -0.818. The third-order valence-electron chi connectivity index (χ3n) is 6.95. The summed E-state index contributed by atoms with van der Waals surface area (Å²) in [5.74, 6) is -1.67. The second-order valence-electron chi connectivity index (χ2n) is 11.7. The number of nitrogens with one attached hydrogen (secondary N) is 1. The number of ether oxygens (including phenoxy) is 3. The van der Waals surface area contributed by atoms with Crippen LogP contribution < -0.4 is 5.32 Å². The second kappa shape index (κ2) is 33.9. The van der Waals surface area contributed by atoms with Gasteiger partial charge in [-0.05, 0) is 79.6 Å². The molecule has 0 amide bonds. The molecule has 2 N–H and O–H groups in total. The van der Waals surface area contributed by atoms with E-state index in [1.54, 1.807) is 57.2 Å². The number of rotatable bonds is 12. The third kappa shape index (κ3) is 26.8. The fourth-order valence-corrected chi connectivity index (χ4v) is 4.40. The Morgan fingerprint density at radius 2 is 1.18 bits per heavy atom. The van der Waals surface area contributed by atoms with Gasteiger partial charge in [0.15, 0.2) is 0 Å². The number of non-ortho nitro benzene ring substituents is 1. The molecular formula is C39H51Cl2N5O14. The molecule has 1 fully saturated rings. The van der Waals surface area contributed by atoms with Gasteiger partial charge in [0.2, 0.25) is 0 Å². The van der Waals surface area contributed by atoms with E-state index in [2.05, 4.69) is 19.9 Å². The van der Waals surface area contributed by atoms with E-state index in [9.17, 15) is 49.5 Å². The number of carbonyl (C=O) groups excluding carboxylic acids is 4. The van der Waals surface area contributed by atoms with Crippen LogP contribution in [0.5, 0.6) is 0 Å². The molecule has 0 unspecified atom stereocenters. The Balaban J connectivity index is 0. The maximum Gasteiger partial charge on any atom is 0.372 e. The van der Waals surface area contributed by atoms with E-state index in [4.69, 9.17) is 33.1 Å². The highest BCUT2D eigenvalue weighted by atomic mass is 35.5. The standard InChI is InChI=1S/C11H13NO4.C9H9NO3.C7H7NO2.C4H6ClNO3.C4H7ClO2.C4H9N/c1-3-16-11(13)7-9-6-8(2)4-5-10(9)12(14)15;1-7-2-3-9(10(12)13)8(6-7)4-5-11;1-6-2-4-7(5-3-6)8(9)10;1-2-9-4(7)3(5)6-8;1-2-7-4(6)3-5;1-2-4-5-3-1/h4-6H,3,7H2,1-2H3;2-3,5-6H,4H2,1H3;2-5H,1H3;8H,2H2,1H3;2-3H2,1H3;5H,1-4H2/b;;;6-3+;;. The summed E-state index contributed by atoms with van der Waals surface area (Å²) in [6.07, 6.45) is 3.48. The normalized spacial score (nSPS) is 10.9. The van der Waals surface area contributed by atoms with E-state index in [1.807, 2.05) is 20.8 Å². The monoisotopic (exact) mass is 883 g/mol. The highest BCUT2D eigenvalue weighted by Gasteiger charge is 2.17. The summed E-state index contributed by atoms with van der Waals surface area (Å²) in [6, 6.07) is 15.9. The predicted molar refractivity (Wildman–Crippen MR) is 225 cm³/mol. The largest absolute Gasteiger partial charge is 0.466 e. The molecule has 4 rings (SSSR count). The van der Waals surface area contributed by atoms with Crippen LogP contribution in [0.15, 0.2) is 65.8 Å². The predicted octanol–water partition coefficient (Wildman–Crippen LogP) is 7.29. The Labute approximate surface area is 357 Å². The Kier molecular flexibility index (Phi) is 31.6. The average Bonchev–Trinajstić information content (AvgIpc) is 3.80. The quantitative estimate of drug-likeness (QED) is 0.0264. The van der Waals surface area contributed by atoms with Crippen LogP contribution in [-0.4, -0.2) is 88.1 Å². The molecule has 0 bridgehead atoms. The van der Waals surface area contributed by atoms with E-state index in [0.29, 0.717) is 24.0 Å². The maximum absolute atomic E-state index is 11.3. The number of nitro groups is 3. The zero-order valence-corrected chi connectivity index (χ0v) is 35.7. The van der Waals surface area contributed by atoms with Gasteiger partial charge in [0.25, 0.3) is 22.2 Å². The number of esters is 3. The molecule has 1 aliphatic rings. The van der Waals surface area contributed by atoms with Crippen molar-refractivity contribution in [1.29, 1.82) is 0 Å². The van der Waals surface area contributed by atoms with Crippen LogP contribution in [-0.2, 0) is 46.2 Å². The lowest BCUT2D eigenvalue weighted by molar-refractivity contribution is -0.385. The van der Waals surface area contributed by atoms with Crippen molar-refractivity contribution in [2.45, 2.75) is 67.2 Å². The topological polar surface area (TPSA) is 270 Å². The van der Waals surface area contributed by atoms with Crippen LogP contribution in [0.1, 0.15) is 61.4 Å². The number of nitro benzene ring substituents is 3. The molecule has 1 heterocycles. The van der Waals surface area contributed by atoms with Gasteiger partial charge in [-0.3, -0.25) is 39.9 Å². The lowest BCUT2D eigenvalue weighted by Crippen LogP contribution is -2.11. The number of oxime groups is 1. The maximum atomic E-state index is 11.3. The first-order chi connectivity index (χ1) is 28.4. The summed E-state index contributed by atoms with van der Waals surface area (Å²) >= 11 is 10.1. The molecule has 3 aromatic rings. The smallest absolute Gasteiger partial charge is 0.372 e. The van der Waals surface area contributed by atoms with Crippen LogP contribution in [0.2, 0.25) is 0 Å². The van der Waals surface area contributed by atoms with Crippen LogP contribution in [0.25, 0.3) is 0 Å². The molecule has 3 aromatic carbocycles. The van der Waals surface area contributed by atoms with Crippen molar-refractivity contribution in [1.82, 2.24) is 5.32 Å². The molecule has 0 spiro atoms. The highest BCUT2D eigenvalue weighted by molar-refractivity contribution is 6.81. The number of alkyl halides is 1. The molecule has 1 saturated heterocycles. The lowest BCUT2D eigenvalue weighted by atomic mass is 10.1. The van der Waals surface area contributed by atoms with Gasteiger partial charge >= 0.3 is 17.9 Å². The van der Waals surface area contributed by atoms with Gasteiger partial charge in [-0.15, -0.1) is 11.6 Å². The van der Waals surface area contributed by atoms with E-state index in [-0.39, 0.29) is 55.0 Å². The summed E-state index contributed by atoms with van der Waals surface area (Å²) < 4.78 is 13.5. The van der Waals surface area contributed by atoms with Crippen molar-refractivity contribution in [3.8, 4) is 0 Å². The first-order valence-corrected chi connectivity index (χ1v) is 19.1. The molecule has 0 aromatic heterocycles. The minimum Gasteiger partial charge on any atom is -0.466 e. The van der Waals surface area contributed by atoms with Crippen molar-refractivity contribution < 1.29 is 53.4 Å². The zero-order chi connectivity index (χ0) is 46.0. The Morgan fingerprint density at radius 1 is 0.733 bits per heavy atom. The second-order valence-corrected chi connectivity index (χ2v) is 12.4. The fraction of sp³-hybridized carbons (Fsp3) is 0.410. The number of benzene rings is 3. The molecule has 0 radical (unpaired) electrons. The summed E-state index contributed by atoms with van der Waals surface area (Å²) in [4.78, 5) is 71.9. The molecule has 21 heteroatoms. The van der Waals surface area contributed by atoms with Crippen molar-refractivity contribution >= 4 is 69.6 Å². The van der Waals surface area contributed by atoms with Crippen LogP contribution in [0, 0.1) is 51.1 Å². The summed E-state index contributed by atoms with van der Waals surface area (Å²) in [5.41, 5.74) is 3.81. The first-order valence-electron chi connectivity index (χ1n) is 18.2. The van der Waals surface area contributed by atoms with Crippen LogP contribution >= 0.6 is 23.2 Å². The number of carbonyl (C=O) groups is 4. The van der Waals surface area contributed by atoms with Gasteiger partial charge in [-0.2, -0.15) is 0 Å². The number of aryl methyl sites for hydroxylation is 3.